The molecule has 0 amide bonds. The Morgan fingerprint density at radius 2 is 1.53 bits per heavy atom. The zero-order valence-electron chi connectivity index (χ0n) is 9.18. The van der Waals surface area contributed by atoms with Crippen LogP contribution in [0.1, 0.15) is 8.35 Å². The van der Waals surface area contributed by atoms with Gasteiger partial charge in [-0.05, 0) is 6.92 Å². The monoisotopic (exact) mass is 258 g/mol. The SMILES string of the molecule is CCN1C=CN(C)C1.F[P-](F)(F)(F)(F)F.[H+]. The van der Waals surface area contributed by atoms with Crippen LogP contribution in [0.4, 0.5) is 25.2 Å². The fraction of sp³-hybridized carbons (Fsp3) is 0.667. The fourth-order valence-electron chi connectivity index (χ4n) is 0.794. The molecule has 0 atom stereocenters. The first kappa shape index (κ1) is 14.3. The summed E-state index contributed by atoms with van der Waals surface area (Å²) < 4.78 is 59.2. The number of halogens is 6. The van der Waals surface area contributed by atoms with Crippen molar-refractivity contribution in [2.24, 2.45) is 0 Å². The van der Waals surface area contributed by atoms with Crippen LogP contribution in [0, 0.1) is 0 Å². The second-order valence-electron chi connectivity index (χ2n) is 3.06. The van der Waals surface area contributed by atoms with Gasteiger partial charge in [0.1, 0.15) is 0 Å². The van der Waals surface area contributed by atoms with Crippen molar-refractivity contribution in [3.05, 3.63) is 12.4 Å². The molecule has 0 aliphatic carbocycles. The zero-order valence-corrected chi connectivity index (χ0v) is 9.07. The van der Waals surface area contributed by atoms with Gasteiger partial charge in [0.2, 0.25) is 0 Å². The Hall–Kier alpha value is -0.650. The van der Waals surface area contributed by atoms with Gasteiger partial charge in [-0.25, -0.2) is 0 Å². The van der Waals surface area contributed by atoms with E-state index in [2.05, 4.69) is 36.2 Å². The van der Waals surface area contributed by atoms with E-state index < -0.39 is 7.81 Å². The van der Waals surface area contributed by atoms with Gasteiger partial charge in [0.25, 0.3) is 0 Å². The van der Waals surface area contributed by atoms with Crippen LogP contribution in [0.2, 0.25) is 0 Å². The smallest absolute Gasteiger partial charge is 1.00 e. The third kappa shape index (κ3) is 16.1. The molecular formula is C6H13F6N2P. The molecule has 94 valence electrons. The van der Waals surface area contributed by atoms with Gasteiger partial charge >= 0.3 is 34.4 Å². The second-order valence-corrected chi connectivity index (χ2v) is 4.98. The fourth-order valence-corrected chi connectivity index (χ4v) is 0.794. The van der Waals surface area contributed by atoms with E-state index in [0.717, 1.165) is 13.2 Å². The Labute approximate surface area is 84.9 Å². The molecule has 0 bridgehead atoms. The van der Waals surface area contributed by atoms with Crippen LogP contribution in [0.25, 0.3) is 0 Å². The van der Waals surface area contributed by atoms with Crippen LogP contribution in [0.15, 0.2) is 12.4 Å². The van der Waals surface area contributed by atoms with Crippen LogP contribution in [-0.2, 0) is 0 Å². The summed E-state index contributed by atoms with van der Waals surface area (Å²) in [4.78, 5) is 4.41. The first-order chi connectivity index (χ1) is 6.28. The molecule has 0 aromatic carbocycles. The molecule has 0 unspecified atom stereocenters. The van der Waals surface area contributed by atoms with Crippen LogP contribution in [-0.4, -0.2) is 30.1 Å². The second kappa shape index (κ2) is 3.43. The predicted molar refractivity (Wildman–Crippen MR) is 48.8 cm³/mol. The van der Waals surface area contributed by atoms with E-state index in [4.69, 9.17) is 0 Å². The van der Waals surface area contributed by atoms with E-state index in [1.807, 2.05) is 0 Å². The zero-order chi connectivity index (χ0) is 12.4. The molecule has 1 heterocycles. The van der Waals surface area contributed by atoms with Gasteiger partial charge < -0.3 is 9.80 Å². The van der Waals surface area contributed by atoms with Crippen molar-refractivity contribution in [1.82, 2.24) is 9.80 Å². The van der Waals surface area contributed by atoms with Gasteiger partial charge in [-0.2, -0.15) is 0 Å². The molecule has 0 radical (unpaired) electrons. The van der Waals surface area contributed by atoms with Crippen molar-refractivity contribution in [3.63, 3.8) is 0 Å². The molecule has 9 heteroatoms. The van der Waals surface area contributed by atoms with Crippen molar-refractivity contribution in [2.45, 2.75) is 6.92 Å². The van der Waals surface area contributed by atoms with E-state index in [0.29, 0.717) is 0 Å². The van der Waals surface area contributed by atoms with Gasteiger partial charge in [-0.3, -0.25) is 0 Å². The minimum absolute atomic E-state index is 0. The molecule has 1 aliphatic rings. The van der Waals surface area contributed by atoms with E-state index >= 15 is 0 Å². The van der Waals surface area contributed by atoms with Gasteiger partial charge in [0.05, 0.1) is 6.67 Å². The van der Waals surface area contributed by atoms with Crippen molar-refractivity contribution >= 4 is 7.81 Å². The molecule has 0 fully saturated rings. The molecule has 0 N–H and O–H groups in total. The average Bonchev–Trinajstić information content (AvgIpc) is 2.28. The Morgan fingerprint density at radius 1 is 1.13 bits per heavy atom. The van der Waals surface area contributed by atoms with Gasteiger partial charge in [-0.15, -0.1) is 0 Å². The molecule has 0 spiro atoms. The number of nitrogens with zero attached hydrogens (tertiary/aromatic N) is 2. The largest absolute Gasteiger partial charge is 1.00 e. The van der Waals surface area contributed by atoms with Crippen molar-refractivity contribution < 1.29 is 26.6 Å². The third-order valence-corrected chi connectivity index (χ3v) is 1.34. The Morgan fingerprint density at radius 3 is 1.67 bits per heavy atom. The summed E-state index contributed by atoms with van der Waals surface area (Å²) in [6.07, 6.45) is 4.20. The Bertz CT molecular complexity index is 238. The van der Waals surface area contributed by atoms with Gasteiger partial charge in [-0.1, -0.05) is 0 Å². The van der Waals surface area contributed by atoms with Crippen LogP contribution >= 0.6 is 7.81 Å². The van der Waals surface area contributed by atoms with Crippen LogP contribution in [0.5, 0.6) is 0 Å². The van der Waals surface area contributed by atoms with Crippen LogP contribution < -0.4 is 0 Å². The first-order valence-electron chi connectivity index (χ1n) is 3.97. The number of hydrogen-bond donors (Lipinski definition) is 0. The maximum atomic E-state index is 9.87. The summed E-state index contributed by atoms with van der Waals surface area (Å²) in [6, 6.07) is 0. The average molecular weight is 258 g/mol. The summed E-state index contributed by atoms with van der Waals surface area (Å²) in [7, 11) is -8.58. The van der Waals surface area contributed by atoms with Crippen molar-refractivity contribution in [1.29, 1.82) is 0 Å². The molecule has 0 saturated heterocycles. The Balaban J connectivity index is 0. The molecule has 0 saturated carbocycles. The normalized spacial score (nSPS) is 20.5. The quantitative estimate of drug-likeness (QED) is 0.514. The number of hydrogen-bond acceptors (Lipinski definition) is 2. The molecule has 15 heavy (non-hydrogen) atoms. The first-order valence-corrected chi connectivity index (χ1v) is 6.00. The molecular weight excluding hydrogens is 245 g/mol. The van der Waals surface area contributed by atoms with E-state index in [-0.39, 0.29) is 1.43 Å². The van der Waals surface area contributed by atoms with Crippen molar-refractivity contribution in [3.8, 4) is 0 Å². The summed E-state index contributed by atoms with van der Waals surface area (Å²) in [6.45, 7) is 4.32. The minimum Gasteiger partial charge on any atom is 1.00 e. The van der Waals surface area contributed by atoms with E-state index in [1.165, 1.54) is 0 Å². The molecule has 1 aliphatic heterocycles. The van der Waals surface area contributed by atoms with E-state index in [1.54, 1.807) is 0 Å². The maximum absolute atomic E-state index is 10.7. The van der Waals surface area contributed by atoms with E-state index in [9.17, 15) is 25.2 Å². The summed E-state index contributed by atoms with van der Waals surface area (Å²) in [5.74, 6) is 0. The Kier molecular flexibility index (Phi) is 3.29. The van der Waals surface area contributed by atoms with Crippen LogP contribution in [0.3, 0.4) is 0 Å². The minimum atomic E-state index is -10.7. The standard InChI is InChI=1S/C6H12N2.F6P/c1-3-8-5-4-7(2)6-8;1-7(2,3,4,5)6/h4-5H,3,6H2,1-2H3;/q;-1/p+1. The summed E-state index contributed by atoms with van der Waals surface area (Å²) >= 11 is 0. The summed E-state index contributed by atoms with van der Waals surface area (Å²) in [5.41, 5.74) is 0. The molecule has 1 rings (SSSR count). The molecule has 0 aromatic heterocycles. The topological polar surface area (TPSA) is 6.48 Å². The summed E-state index contributed by atoms with van der Waals surface area (Å²) in [5, 5.41) is 0. The van der Waals surface area contributed by atoms with Gasteiger partial charge in [0, 0.05) is 26.0 Å². The predicted octanol–water partition coefficient (Wildman–Crippen LogP) is 4.18. The van der Waals surface area contributed by atoms with Crippen molar-refractivity contribution in [2.75, 3.05) is 20.3 Å². The third-order valence-electron chi connectivity index (χ3n) is 1.34. The number of rotatable bonds is 1. The maximum Gasteiger partial charge on any atom is 1.00 e. The molecule has 0 aromatic rings. The van der Waals surface area contributed by atoms with Gasteiger partial charge in [0.15, 0.2) is 0 Å². The molecule has 2 nitrogen and oxygen atoms in total.